The topological polar surface area (TPSA) is 69.3 Å². The van der Waals surface area contributed by atoms with Crippen molar-refractivity contribution in [1.82, 2.24) is 4.90 Å². The molecule has 0 aliphatic carbocycles. The van der Waals surface area contributed by atoms with Crippen LogP contribution in [0.1, 0.15) is 43.9 Å². The van der Waals surface area contributed by atoms with Gasteiger partial charge in [-0.3, -0.25) is 4.90 Å². The van der Waals surface area contributed by atoms with Crippen molar-refractivity contribution in [3.63, 3.8) is 0 Å². The minimum atomic E-state index is 0.184. The fourth-order valence-electron chi connectivity index (χ4n) is 4.57. The van der Waals surface area contributed by atoms with Gasteiger partial charge in [-0.05, 0) is 59.9 Å². The lowest BCUT2D eigenvalue weighted by molar-refractivity contribution is 0.123. The average Bonchev–Trinajstić information content (AvgIpc) is 2.67. The van der Waals surface area contributed by atoms with Crippen LogP contribution in [0.4, 0.5) is 0 Å². The van der Waals surface area contributed by atoms with Gasteiger partial charge in [-0.15, -0.1) is 0 Å². The van der Waals surface area contributed by atoms with E-state index in [1.54, 1.807) is 14.2 Å². The van der Waals surface area contributed by atoms with E-state index in [4.69, 9.17) is 9.47 Å². The summed E-state index contributed by atoms with van der Waals surface area (Å²) in [5.41, 5.74) is 3.83. The second-order valence-electron chi connectivity index (χ2n) is 7.82. The zero-order chi connectivity index (χ0) is 19.6. The summed E-state index contributed by atoms with van der Waals surface area (Å²) in [6, 6.07) is 8.61. The van der Waals surface area contributed by atoms with Crippen LogP contribution in [0.15, 0.2) is 23.3 Å². The molecule has 0 bridgehead atoms. The van der Waals surface area contributed by atoms with Gasteiger partial charge in [0.2, 0.25) is 0 Å². The molecular weight excluding hydrogens is 338 g/mol. The highest BCUT2D eigenvalue weighted by molar-refractivity contribution is 5.51. The first-order chi connectivity index (χ1) is 13.0. The summed E-state index contributed by atoms with van der Waals surface area (Å²) in [5, 5.41) is 19.0. The third-order valence-electron chi connectivity index (χ3n) is 5.78. The third kappa shape index (κ3) is 3.66. The fourth-order valence-corrected chi connectivity index (χ4v) is 4.57. The van der Waals surface area contributed by atoms with Gasteiger partial charge >= 0.3 is 0 Å². The number of ether oxygens (including phenoxy) is 2. The van der Waals surface area contributed by atoms with E-state index >= 15 is 0 Å². The number of hydrogen-bond acceptors (Lipinski definition) is 5. The van der Waals surface area contributed by atoms with Crippen LogP contribution in [0.25, 0.3) is 0 Å². The molecule has 1 saturated heterocycles. The van der Waals surface area contributed by atoms with E-state index in [0.29, 0.717) is 11.5 Å². The van der Waals surface area contributed by atoms with Crippen molar-refractivity contribution < 1.29 is 9.47 Å². The molecule has 2 aliphatic heterocycles. The summed E-state index contributed by atoms with van der Waals surface area (Å²) in [6.45, 7) is 6.29. The molecule has 1 fully saturated rings. The van der Waals surface area contributed by atoms with Crippen molar-refractivity contribution >= 4 is 0 Å². The second kappa shape index (κ2) is 8.03. The van der Waals surface area contributed by atoms with Gasteiger partial charge < -0.3 is 9.47 Å². The number of hydrogen-bond donors (Lipinski definition) is 0. The molecule has 5 nitrogen and oxygen atoms in total. The van der Waals surface area contributed by atoms with Gasteiger partial charge in [0.25, 0.3) is 0 Å². The number of methoxy groups -OCH3 is 2. The van der Waals surface area contributed by atoms with E-state index in [1.165, 1.54) is 11.1 Å². The Morgan fingerprint density at radius 2 is 1.85 bits per heavy atom. The van der Waals surface area contributed by atoms with Crippen LogP contribution in [-0.2, 0) is 6.42 Å². The Bertz CT molecular complexity index is 813. The maximum Gasteiger partial charge on any atom is 0.161 e. The quantitative estimate of drug-likeness (QED) is 0.754. The Balaban J connectivity index is 2.03. The molecule has 27 heavy (non-hydrogen) atoms. The average molecular weight is 365 g/mol. The van der Waals surface area contributed by atoms with Crippen molar-refractivity contribution in [2.75, 3.05) is 27.3 Å². The molecule has 142 valence electrons. The van der Waals surface area contributed by atoms with Crippen molar-refractivity contribution in [3.8, 4) is 23.6 Å². The highest BCUT2D eigenvalue weighted by atomic mass is 16.5. The predicted octanol–water partition coefficient (Wildman–Crippen LogP) is 4.01. The van der Waals surface area contributed by atoms with Crippen LogP contribution in [0.3, 0.4) is 0 Å². The van der Waals surface area contributed by atoms with Crippen LogP contribution in [0.5, 0.6) is 11.5 Å². The van der Waals surface area contributed by atoms with E-state index in [0.717, 1.165) is 49.4 Å². The highest BCUT2D eigenvalue weighted by Crippen LogP contribution is 2.46. The molecule has 5 heteroatoms. The predicted molar refractivity (Wildman–Crippen MR) is 103 cm³/mol. The Hall–Kier alpha value is -2.50. The lowest BCUT2D eigenvalue weighted by Gasteiger charge is -2.45. The van der Waals surface area contributed by atoms with Crippen molar-refractivity contribution in [1.29, 1.82) is 10.5 Å². The molecule has 0 spiro atoms. The monoisotopic (exact) mass is 365 g/mol. The Morgan fingerprint density at radius 3 is 2.44 bits per heavy atom. The molecule has 0 amide bonds. The smallest absolute Gasteiger partial charge is 0.161 e. The van der Waals surface area contributed by atoms with Crippen LogP contribution in [0.2, 0.25) is 0 Å². The SMILES string of the molecule is COc1cc2c(cc1OC)C1CC(=C(C#N)C#N)C(CC(C)C)CN1CC2. The number of fused-ring (bicyclic) bond motifs is 3. The van der Waals surface area contributed by atoms with Gasteiger partial charge in [0.15, 0.2) is 11.5 Å². The van der Waals surface area contributed by atoms with Crippen LogP contribution < -0.4 is 9.47 Å². The lowest BCUT2D eigenvalue weighted by Crippen LogP contribution is -2.44. The molecule has 0 saturated carbocycles. The molecule has 1 aromatic carbocycles. The summed E-state index contributed by atoms with van der Waals surface area (Å²) in [7, 11) is 3.31. The van der Waals surface area contributed by atoms with Crippen molar-refractivity contribution in [2.45, 2.75) is 39.2 Å². The highest BCUT2D eigenvalue weighted by Gasteiger charge is 2.38. The molecule has 3 rings (SSSR count). The second-order valence-corrected chi connectivity index (χ2v) is 7.82. The summed E-state index contributed by atoms with van der Waals surface area (Å²) < 4.78 is 11.0. The Labute approximate surface area is 161 Å². The standard InChI is InChI=1S/C22H27N3O2/c1-14(2)7-16-13-25-6-5-15-8-21(26-3)22(27-4)10-19(15)20(25)9-18(16)17(11-23)12-24/h8,10,14,16,20H,5-7,9,13H2,1-4H3. The van der Waals surface area contributed by atoms with E-state index in [9.17, 15) is 10.5 Å². The fraction of sp³-hybridized carbons (Fsp3) is 0.545. The van der Waals surface area contributed by atoms with Crippen LogP contribution in [-0.4, -0.2) is 32.2 Å². The van der Waals surface area contributed by atoms with Gasteiger partial charge in [0, 0.05) is 19.1 Å². The van der Waals surface area contributed by atoms with Crippen LogP contribution >= 0.6 is 0 Å². The number of nitriles is 2. The van der Waals surface area contributed by atoms with Gasteiger partial charge in [-0.1, -0.05) is 13.8 Å². The van der Waals surface area contributed by atoms with Crippen LogP contribution in [0, 0.1) is 34.5 Å². The molecular formula is C22H27N3O2. The molecule has 2 heterocycles. The number of benzene rings is 1. The van der Waals surface area contributed by atoms with Gasteiger partial charge in [-0.25, -0.2) is 0 Å². The van der Waals surface area contributed by atoms with Gasteiger partial charge in [0.05, 0.1) is 14.2 Å². The maximum atomic E-state index is 9.49. The third-order valence-corrected chi connectivity index (χ3v) is 5.78. The van der Waals surface area contributed by atoms with E-state index < -0.39 is 0 Å². The molecule has 1 aromatic rings. The van der Waals surface area contributed by atoms with Crippen molar-refractivity contribution in [2.24, 2.45) is 11.8 Å². The summed E-state index contributed by atoms with van der Waals surface area (Å²) >= 11 is 0. The zero-order valence-electron chi connectivity index (χ0n) is 16.6. The number of piperidine rings is 1. The molecule has 2 unspecified atom stereocenters. The normalized spacial score (nSPS) is 21.7. The van der Waals surface area contributed by atoms with Gasteiger partial charge in [0.1, 0.15) is 17.7 Å². The van der Waals surface area contributed by atoms with Crippen molar-refractivity contribution in [3.05, 3.63) is 34.4 Å². The Morgan fingerprint density at radius 1 is 1.19 bits per heavy atom. The zero-order valence-corrected chi connectivity index (χ0v) is 16.6. The first-order valence-corrected chi connectivity index (χ1v) is 9.54. The molecule has 0 N–H and O–H groups in total. The number of allylic oxidation sites excluding steroid dienone is 1. The lowest BCUT2D eigenvalue weighted by atomic mass is 9.76. The van der Waals surface area contributed by atoms with E-state index in [1.807, 2.05) is 0 Å². The first-order valence-electron chi connectivity index (χ1n) is 9.54. The maximum absolute atomic E-state index is 9.49. The largest absolute Gasteiger partial charge is 0.493 e. The first kappa shape index (κ1) is 19.3. The van der Waals surface area contributed by atoms with Gasteiger partial charge in [-0.2, -0.15) is 10.5 Å². The van der Waals surface area contributed by atoms with E-state index in [2.05, 4.69) is 43.0 Å². The molecule has 0 radical (unpaired) electrons. The summed E-state index contributed by atoms with van der Waals surface area (Å²) in [4.78, 5) is 2.51. The Kier molecular flexibility index (Phi) is 5.73. The molecule has 2 aliphatic rings. The number of rotatable bonds is 4. The number of nitrogens with zero attached hydrogens (tertiary/aromatic N) is 3. The molecule has 2 atom stereocenters. The summed E-state index contributed by atoms with van der Waals surface area (Å²) in [6.07, 6.45) is 2.71. The molecule has 0 aromatic heterocycles. The minimum Gasteiger partial charge on any atom is -0.493 e. The van der Waals surface area contributed by atoms with E-state index in [-0.39, 0.29) is 12.0 Å². The minimum absolute atomic E-state index is 0.184. The summed E-state index contributed by atoms with van der Waals surface area (Å²) in [5.74, 6) is 2.29.